The van der Waals surface area contributed by atoms with Gasteiger partial charge in [-0.2, -0.15) is 0 Å². The van der Waals surface area contributed by atoms with E-state index < -0.39 is 17.5 Å². The van der Waals surface area contributed by atoms with Gasteiger partial charge in [-0.25, -0.2) is 18.3 Å². The minimum absolute atomic E-state index is 0.0499. The Morgan fingerprint density at radius 2 is 1.76 bits per heavy atom. The van der Waals surface area contributed by atoms with Crippen molar-refractivity contribution < 1.29 is 18.4 Å². The standard InChI is InChI=1S/C25H29F2N9O2/c1-33-9-15-11-35(12-16(15)10-33)25(38)14-2-4-34(5-3-14)21-18(27)7-29-8-19(21)31-24(37)20-22(28)32-36-13-17(26)6-30-23(20)36/h6-8,13-16H,2-5,9-12H2,1H3,(H2,28,32)(H,31,37). The van der Waals surface area contributed by atoms with E-state index in [9.17, 15) is 14.0 Å². The SMILES string of the molecule is CN1CC2CN(C(=O)C3CCN(c4c(F)cncc4NC(=O)c4c(N)nn5cc(F)cnc45)CC3)CC2C1. The molecule has 6 rings (SSSR count). The van der Waals surface area contributed by atoms with E-state index in [2.05, 4.69) is 32.3 Å². The summed E-state index contributed by atoms with van der Waals surface area (Å²) in [6.45, 7) is 4.63. The number of aromatic nitrogens is 4. The Morgan fingerprint density at radius 3 is 2.47 bits per heavy atom. The lowest BCUT2D eigenvalue weighted by atomic mass is 9.94. The van der Waals surface area contributed by atoms with Gasteiger partial charge in [-0.05, 0) is 31.7 Å². The smallest absolute Gasteiger partial charge is 0.263 e. The highest BCUT2D eigenvalue weighted by Crippen LogP contribution is 2.35. The molecule has 3 aromatic heterocycles. The molecule has 3 fully saturated rings. The molecule has 6 heterocycles. The fraction of sp³-hybridized carbons (Fsp3) is 0.480. The van der Waals surface area contributed by atoms with Crippen molar-refractivity contribution in [3.8, 4) is 0 Å². The maximum absolute atomic E-state index is 15.0. The normalized spacial score (nSPS) is 22.3. The van der Waals surface area contributed by atoms with E-state index in [1.165, 1.54) is 6.20 Å². The number of piperidine rings is 1. The minimum atomic E-state index is -0.666. The second-order valence-electron chi connectivity index (χ2n) is 10.5. The molecule has 0 aliphatic carbocycles. The first kappa shape index (κ1) is 24.5. The van der Waals surface area contributed by atoms with Crippen LogP contribution in [-0.2, 0) is 4.79 Å². The van der Waals surface area contributed by atoms with Gasteiger partial charge in [-0.1, -0.05) is 0 Å². The van der Waals surface area contributed by atoms with Crippen molar-refractivity contribution in [2.45, 2.75) is 12.8 Å². The lowest BCUT2D eigenvalue weighted by Crippen LogP contribution is -2.43. The number of nitrogens with two attached hydrogens (primary N) is 1. The Morgan fingerprint density at radius 1 is 1.05 bits per heavy atom. The zero-order valence-electron chi connectivity index (χ0n) is 21.0. The van der Waals surface area contributed by atoms with Crippen molar-refractivity contribution in [1.29, 1.82) is 0 Å². The number of carbonyl (C=O) groups excluding carboxylic acids is 2. The van der Waals surface area contributed by atoms with Gasteiger partial charge in [0.1, 0.15) is 11.3 Å². The molecule has 2 atom stereocenters. The van der Waals surface area contributed by atoms with Crippen molar-refractivity contribution in [1.82, 2.24) is 29.4 Å². The van der Waals surface area contributed by atoms with Crippen LogP contribution < -0.4 is 16.0 Å². The summed E-state index contributed by atoms with van der Waals surface area (Å²) >= 11 is 0. The Bertz CT molecular complexity index is 1390. The number of nitrogens with zero attached hydrogens (tertiary/aromatic N) is 7. The van der Waals surface area contributed by atoms with E-state index in [4.69, 9.17) is 5.73 Å². The lowest BCUT2D eigenvalue weighted by Gasteiger charge is -2.35. The van der Waals surface area contributed by atoms with E-state index in [1.54, 1.807) is 0 Å². The predicted molar refractivity (Wildman–Crippen MR) is 135 cm³/mol. The van der Waals surface area contributed by atoms with Gasteiger partial charge in [-0.3, -0.25) is 14.6 Å². The van der Waals surface area contributed by atoms with Crippen LogP contribution in [0.3, 0.4) is 0 Å². The average Bonchev–Trinajstić information content (AvgIpc) is 3.53. The average molecular weight is 526 g/mol. The Labute approximate surface area is 217 Å². The summed E-state index contributed by atoms with van der Waals surface area (Å²) in [6.07, 6.45) is 5.66. The quantitative estimate of drug-likeness (QED) is 0.525. The van der Waals surface area contributed by atoms with Crippen molar-refractivity contribution in [2.24, 2.45) is 17.8 Å². The number of carbonyl (C=O) groups is 2. The number of hydrogen-bond donors (Lipinski definition) is 2. The fourth-order valence-electron chi connectivity index (χ4n) is 6.19. The summed E-state index contributed by atoms with van der Waals surface area (Å²) in [4.78, 5) is 40.4. The van der Waals surface area contributed by atoms with Gasteiger partial charge >= 0.3 is 0 Å². The van der Waals surface area contributed by atoms with Gasteiger partial charge in [0.2, 0.25) is 5.91 Å². The third-order valence-electron chi connectivity index (χ3n) is 7.96. The fourth-order valence-corrected chi connectivity index (χ4v) is 6.19. The second-order valence-corrected chi connectivity index (χ2v) is 10.5. The van der Waals surface area contributed by atoms with Crippen LogP contribution in [-0.4, -0.2) is 87.5 Å². The molecule has 3 aliphatic rings. The predicted octanol–water partition coefficient (Wildman–Crippen LogP) is 1.47. The highest BCUT2D eigenvalue weighted by molar-refractivity contribution is 6.12. The van der Waals surface area contributed by atoms with Crippen LogP contribution in [0.1, 0.15) is 23.2 Å². The minimum Gasteiger partial charge on any atom is -0.381 e. The first-order valence-electron chi connectivity index (χ1n) is 12.7. The monoisotopic (exact) mass is 525 g/mol. The number of fused-ring (bicyclic) bond motifs is 2. The van der Waals surface area contributed by atoms with Crippen LogP contribution in [0.25, 0.3) is 5.65 Å². The highest BCUT2D eigenvalue weighted by Gasteiger charge is 2.42. The molecule has 0 radical (unpaired) electrons. The Balaban J connectivity index is 1.15. The maximum Gasteiger partial charge on any atom is 0.263 e. The van der Waals surface area contributed by atoms with Crippen LogP contribution in [0.15, 0.2) is 24.8 Å². The highest BCUT2D eigenvalue weighted by atomic mass is 19.1. The van der Waals surface area contributed by atoms with E-state index >= 15 is 4.39 Å². The molecule has 3 saturated heterocycles. The van der Waals surface area contributed by atoms with Crippen LogP contribution in [0.2, 0.25) is 0 Å². The molecule has 38 heavy (non-hydrogen) atoms. The zero-order valence-corrected chi connectivity index (χ0v) is 21.0. The van der Waals surface area contributed by atoms with Gasteiger partial charge < -0.3 is 25.8 Å². The molecule has 0 spiro atoms. The maximum atomic E-state index is 15.0. The molecular weight excluding hydrogens is 496 g/mol. The molecule has 2 unspecified atom stereocenters. The molecule has 11 nitrogen and oxygen atoms in total. The number of rotatable bonds is 4. The molecule has 3 N–H and O–H groups in total. The van der Waals surface area contributed by atoms with Crippen molar-refractivity contribution >= 4 is 34.7 Å². The largest absolute Gasteiger partial charge is 0.381 e. The van der Waals surface area contributed by atoms with Crippen LogP contribution >= 0.6 is 0 Å². The molecule has 13 heteroatoms. The number of pyridine rings is 1. The molecule has 0 aromatic carbocycles. The molecule has 0 saturated carbocycles. The van der Waals surface area contributed by atoms with Gasteiger partial charge in [0, 0.05) is 45.2 Å². The second kappa shape index (κ2) is 9.46. The topological polar surface area (TPSA) is 125 Å². The summed E-state index contributed by atoms with van der Waals surface area (Å²) < 4.78 is 29.6. The summed E-state index contributed by atoms with van der Waals surface area (Å²) in [7, 11) is 2.12. The first-order chi connectivity index (χ1) is 18.3. The third-order valence-corrected chi connectivity index (χ3v) is 7.96. The molecule has 0 bridgehead atoms. The summed E-state index contributed by atoms with van der Waals surface area (Å²) in [6, 6.07) is 0. The number of nitrogen functional groups attached to an aromatic ring is 1. The number of hydrogen-bond acceptors (Lipinski definition) is 8. The molecule has 2 amide bonds. The Hall–Kier alpha value is -3.87. The summed E-state index contributed by atoms with van der Waals surface area (Å²) in [5.74, 6) is -0.824. The number of halogens is 2. The molecular formula is C25H29F2N9O2. The van der Waals surface area contributed by atoms with E-state index in [0.717, 1.165) is 49.3 Å². The summed E-state index contributed by atoms with van der Waals surface area (Å²) in [5.41, 5.74) is 6.30. The number of anilines is 3. The molecule has 200 valence electrons. The first-order valence-corrected chi connectivity index (χ1v) is 12.7. The van der Waals surface area contributed by atoms with Gasteiger partial charge in [0.15, 0.2) is 23.1 Å². The van der Waals surface area contributed by atoms with Crippen molar-refractivity contribution in [3.63, 3.8) is 0 Å². The number of amides is 2. The molecule has 3 aliphatic heterocycles. The van der Waals surface area contributed by atoms with Gasteiger partial charge in [0.05, 0.1) is 30.5 Å². The number of likely N-dealkylation sites (tertiary alicyclic amines) is 2. The van der Waals surface area contributed by atoms with Gasteiger partial charge in [0.25, 0.3) is 5.91 Å². The molecule has 3 aromatic rings. The zero-order chi connectivity index (χ0) is 26.6. The van der Waals surface area contributed by atoms with E-state index in [1.807, 2.05) is 9.80 Å². The van der Waals surface area contributed by atoms with Crippen LogP contribution in [0.5, 0.6) is 0 Å². The van der Waals surface area contributed by atoms with Crippen LogP contribution in [0.4, 0.5) is 26.0 Å². The van der Waals surface area contributed by atoms with Crippen molar-refractivity contribution in [2.75, 3.05) is 62.3 Å². The summed E-state index contributed by atoms with van der Waals surface area (Å²) in [5, 5.41) is 6.61. The Kier molecular flexibility index (Phi) is 6.09. The van der Waals surface area contributed by atoms with Gasteiger partial charge in [-0.15, -0.1) is 5.10 Å². The lowest BCUT2D eigenvalue weighted by molar-refractivity contribution is -0.135. The third kappa shape index (κ3) is 4.30. The van der Waals surface area contributed by atoms with E-state index in [0.29, 0.717) is 37.8 Å². The van der Waals surface area contributed by atoms with Crippen LogP contribution in [0, 0.1) is 29.4 Å². The number of nitrogens with one attached hydrogen (secondary N) is 1. The van der Waals surface area contributed by atoms with E-state index in [-0.39, 0.29) is 40.2 Å². The van der Waals surface area contributed by atoms with Crippen molar-refractivity contribution in [3.05, 3.63) is 42.0 Å².